The lowest BCUT2D eigenvalue weighted by atomic mass is 10.1. The van der Waals surface area contributed by atoms with Crippen molar-refractivity contribution in [2.24, 2.45) is 0 Å². The van der Waals surface area contributed by atoms with Crippen LogP contribution in [-0.4, -0.2) is 25.1 Å². The van der Waals surface area contributed by atoms with Gasteiger partial charge in [-0.1, -0.05) is 24.3 Å². The molecule has 2 aromatic rings. The van der Waals surface area contributed by atoms with Crippen molar-refractivity contribution in [1.82, 2.24) is 10.3 Å². The lowest BCUT2D eigenvalue weighted by Gasteiger charge is -2.11. The molecule has 1 aromatic heterocycles. The average Bonchev–Trinajstić information content (AvgIpc) is 2.54. The molecule has 0 atom stereocenters. The fraction of sp³-hybridized carbons (Fsp3) is 0.250. The Morgan fingerprint density at radius 1 is 1.14 bits per heavy atom. The summed E-state index contributed by atoms with van der Waals surface area (Å²) in [7, 11) is 3.14. The summed E-state index contributed by atoms with van der Waals surface area (Å²) in [6.07, 6.45) is 1.59. The van der Waals surface area contributed by atoms with Gasteiger partial charge in [0.1, 0.15) is 5.56 Å². The minimum atomic E-state index is -0.216. The Bertz CT molecular complexity index is 614. The quantitative estimate of drug-likeness (QED) is 0.884. The lowest BCUT2D eigenvalue weighted by Crippen LogP contribution is -2.24. The molecule has 110 valence electrons. The van der Waals surface area contributed by atoms with Gasteiger partial charge in [-0.3, -0.25) is 4.79 Å². The summed E-state index contributed by atoms with van der Waals surface area (Å²) < 4.78 is 10.2. The number of hydrogen-bond donors (Lipinski definition) is 1. The highest BCUT2D eigenvalue weighted by Gasteiger charge is 2.12. The molecule has 5 heteroatoms. The average molecular weight is 286 g/mol. The number of hydrogen-bond acceptors (Lipinski definition) is 4. The summed E-state index contributed by atoms with van der Waals surface area (Å²) in [5, 5.41) is 2.87. The first-order valence-corrected chi connectivity index (χ1v) is 6.59. The topological polar surface area (TPSA) is 60.5 Å². The van der Waals surface area contributed by atoms with E-state index in [2.05, 4.69) is 10.3 Å². The number of pyridine rings is 1. The summed E-state index contributed by atoms with van der Waals surface area (Å²) in [4.78, 5) is 16.2. The van der Waals surface area contributed by atoms with Gasteiger partial charge in [-0.25, -0.2) is 4.98 Å². The maximum Gasteiger partial charge on any atom is 0.257 e. The van der Waals surface area contributed by atoms with Crippen LogP contribution in [-0.2, 0) is 17.9 Å². The molecule has 5 nitrogen and oxygen atoms in total. The Balaban J connectivity index is 2.08. The molecule has 1 heterocycles. The SMILES string of the molecule is COCc1ccccc1CNC(=O)c1cccnc1OC. The van der Waals surface area contributed by atoms with E-state index in [1.165, 1.54) is 7.11 Å². The minimum absolute atomic E-state index is 0.216. The van der Waals surface area contributed by atoms with Crippen LogP contribution in [0, 0.1) is 0 Å². The molecule has 2 rings (SSSR count). The first kappa shape index (κ1) is 15.0. The van der Waals surface area contributed by atoms with Crippen molar-refractivity contribution in [3.05, 3.63) is 59.3 Å². The smallest absolute Gasteiger partial charge is 0.257 e. The van der Waals surface area contributed by atoms with Crippen molar-refractivity contribution in [3.8, 4) is 5.88 Å². The molecule has 0 saturated carbocycles. The van der Waals surface area contributed by atoms with Gasteiger partial charge in [0.05, 0.1) is 13.7 Å². The molecule has 0 bridgehead atoms. The van der Waals surface area contributed by atoms with Crippen LogP contribution >= 0.6 is 0 Å². The zero-order valence-corrected chi connectivity index (χ0v) is 12.1. The molecule has 1 N–H and O–H groups in total. The molecule has 0 aliphatic rings. The van der Waals surface area contributed by atoms with E-state index < -0.39 is 0 Å². The minimum Gasteiger partial charge on any atom is -0.480 e. The second kappa shape index (κ2) is 7.40. The van der Waals surface area contributed by atoms with E-state index in [1.54, 1.807) is 25.4 Å². The second-order valence-corrected chi connectivity index (χ2v) is 4.44. The highest BCUT2D eigenvalue weighted by atomic mass is 16.5. The first-order chi connectivity index (χ1) is 10.3. The fourth-order valence-corrected chi connectivity index (χ4v) is 2.02. The number of nitrogens with one attached hydrogen (secondary N) is 1. The maximum atomic E-state index is 12.2. The van der Waals surface area contributed by atoms with Crippen molar-refractivity contribution in [1.29, 1.82) is 0 Å². The molecule has 0 spiro atoms. The van der Waals surface area contributed by atoms with E-state index in [0.29, 0.717) is 24.6 Å². The number of amides is 1. The zero-order valence-electron chi connectivity index (χ0n) is 12.1. The van der Waals surface area contributed by atoms with Gasteiger partial charge in [0, 0.05) is 19.9 Å². The summed E-state index contributed by atoms with van der Waals surface area (Å²) in [6.45, 7) is 0.943. The van der Waals surface area contributed by atoms with Gasteiger partial charge < -0.3 is 14.8 Å². The molecule has 0 aliphatic heterocycles. The molecule has 0 fully saturated rings. The van der Waals surface area contributed by atoms with E-state index in [-0.39, 0.29) is 5.91 Å². The Morgan fingerprint density at radius 3 is 2.62 bits per heavy atom. The Labute approximate surface area is 123 Å². The van der Waals surface area contributed by atoms with Crippen molar-refractivity contribution >= 4 is 5.91 Å². The molecule has 0 radical (unpaired) electrons. The van der Waals surface area contributed by atoms with Crippen molar-refractivity contribution in [3.63, 3.8) is 0 Å². The zero-order chi connectivity index (χ0) is 15.1. The van der Waals surface area contributed by atoms with Crippen molar-refractivity contribution in [2.45, 2.75) is 13.2 Å². The van der Waals surface area contributed by atoms with Crippen LogP contribution in [0.25, 0.3) is 0 Å². The van der Waals surface area contributed by atoms with Crippen LogP contribution in [0.4, 0.5) is 0 Å². The molecule has 1 amide bonds. The van der Waals surface area contributed by atoms with Crippen LogP contribution in [0.1, 0.15) is 21.5 Å². The number of nitrogens with zero attached hydrogens (tertiary/aromatic N) is 1. The maximum absolute atomic E-state index is 12.2. The van der Waals surface area contributed by atoms with E-state index in [9.17, 15) is 4.79 Å². The second-order valence-electron chi connectivity index (χ2n) is 4.44. The molecule has 21 heavy (non-hydrogen) atoms. The molecular formula is C16H18N2O3. The van der Waals surface area contributed by atoms with Crippen molar-refractivity contribution < 1.29 is 14.3 Å². The van der Waals surface area contributed by atoms with Crippen molar-refractivity contribution in [2.75, 3.05) is 14.2 Å². The van der Waals surface area contributed by atoms with Crippen LogP contribution in [0.5, 0.6) is 5.88 Å². The van der Waals surface area contributed by atoms with E-state index in [4.69, 9.17) is 9.47 Å². The van der Waals surface area contributed by atoms with E-state index in [1.807, 2.05) is 24.3 Å². The largest absolute Gasteiger partial charge is 0.480 e. The van der Waals surface area contributed by atoms with Gasteiger partial charge in [-0.2, -0.15) is 0 Å². The number of carbonyl (C=O) groups is 1. The number of aromatic nitrogens is 1. The Morgan fingerprint density at radius 2 is 1.90 bits per heavy atom. The monoisotopic (exact) mass is 286 g/mol. The van der Waals surface area contributed by atoms with Gasteiger partial charge in [0.25, 0.3) is 5.91 Å². The highest BCUT2D eigenvalue weighted by molar-refractivity contribution is 5.96. The van der Waals surface area contributed by atoms with Crippen LogP contribution < -0.4 is 10.1 Å². The van der Waals surface area contributed by atoms with Gasteiger partial charge >= 0.3 is 0 Å². The number of rotatable bonds is 6. The molecule has 0 aliphatic carbocycles. The van der Waals surface area contributed by atoms with Gasteiger partial charge in [-0.05, 0) is 23.3 Å². The van der Waals surface area contributed by atoms with Crippen LogP contribution in [0.15, 0.2) is 42.6 Å². The third-order valence-corrected chi connectivity index (χ3v) is 3.07. The summed E-state index contributed by atoms with van der Waals surface area (Å²) in [5.74, 6) is 0.104. The predicted molar refractivity (Wildman–Crippen MR) is 79.1 cm³/mol. The number of methoxy groups -OCH3 is 2. The highest BCUT2D eigenvalue weighted by Crippen LogP contribution is 2.14. The third-order valence-electron chi connectivity index (χ3n) is 3.07. The van der Waals surface area contributed by atoms with Gasteiger partial charge in [0.15, 0.2) is 0 Å². The van der Waals surface area contributed by atoms with E-state index >= 15 is 0 Å². The molecule has 1 aromatic carbocycles. The molecule has 0 unspecified atom stereocenters. The molecular weight excluding hydrogens is 268 g/mol. The normalized spacial score (nSPS) is 10.2. The van der Waals surface area contributed by atoms with Gasteiger partial charge in [-0.15, -0.1) is 0 Å². The summed E-state index contributed by atoms with van der Waals surface area (Å²) in [6, 6.07) is 11.2. The fourth-order valence-electron chi connectivity index (χ4n) is 2.02. The summed E-state index contributed by atoms with van der Waals surface area (Å²) in [5.41, 5.74) is 2.50. The van der Waals surface area contributed by atoms with E-state index in [0.717, 1.165) is 11.1 Å². The Kier molecular flexibility index (Phi) is 5.29. The number of ether oxygens (including phenoxy) is 2. The Hall–Kier alpha value is -2.40. The summed E-state index contributed by atoms with van der Waals surface area (Å²) >= 11 is 0. The first-order valence-electron chi connectivity index (χ1n) is 6.59. The van der Waals surface area contributed by atoms with Crippen LogP contribution in [0.3, 0.4) is 0 Å². The lowest BCUT2D eigenvalue weighted by molar-refractivity contribution is 0.0946. The predicted octanol–water partition coefficient (Wildman–Crippen LogP) is 2.17. The standard InChI is InChI=1S/C16H18N2O3/c1-20-11-13-7-4-3-6-12(13)10-18-15(19)14-8-5-9-17-16(14)21-2/h3-9H,10-11H2,1-2H3,(H,18,19). The number of benzene rings is 1. The number of carbonyl (C=O) groups excluding carboxylic acids is 1. The molecule has 0 saturated heterocycles. The third kappa shape index (κ3) is 3.79. The van der Waals surface area contributed by atoms with Crippen LogP contribution in [0.2, 0.25) is 0 Å². The van der Waals surface area contributed by atoms with Gasteiger partial charge in [0.2, 0.25) is 5.88 Å².